The van der Waals surface area contributed by atoms with Gasteiger partial charge in [0.1, 0.15) is 11.3 Å². The zero-order chi connectivity index (χ0) is 15.7. The third-order valence-corrected chi connectivity index (χ3v) is 1.96. The van der Waals surface area contributed by atoms with Crippen LogP contribution in [-0.4, -0.2) is 18.5 Å². The van der Waals surface area contributed by atoms with Gasteiger partial charge in [-0.15, -0.1) is 13.2 Å². The average Bonchev–Trinajstić information content (AvgIpc) is 2.23. The first kappa shape index (κ1) is 16.2. The molecule has 20 heavy (non-hydrogen) atoms. The number of pyridine rings is 1. The molecule has 0 bridgehead atoms. The molecular formula is C9H5F8NO2. The van der Waals surface area contributed by atoms with Gasteiger partial charge in [0.2, 0.25) is 0 Å². The molecular weight excluding hydrogens is 306 g/mol. The van der Waals surface area contributed by atoms with Crippen LogP contribution in [0.15, 0.2) is 6.20 Å². The van der Waals surface area contributed by atoms with Crippen molar-refractivity contribution in [3.8, 4) is 11.5 Å². The van der Waals surface area contributed by atoms with Crippen LogP contribution in [-0.2, 0) is 6.18 Å². The van der Waals surface area contributed by atoms with E-state index in [1.807, 2.05) is 0 Å². The van der Waals surface area contributed by atoms with E-state index in [-0.39, 0.29) is 6.20 Å². The van der Waals surface area contributed by atoms with Crippen molar-refractivity contribution in [3.63, 3.8) is 0 Å². The molecule has 0 saturated carbocycles. The van der Waals surface area contributed by atoms with Crippen LogP contribution in [0, 0.1) is 0 Å². The van der Waals surface area contributed by atoms with E-state index in [2.05, 4.69) is 14.5 Å². The molecule has 0 aromatic carbocycles. The molecule has 0 atom stereocenters. The van der Waals surface area contributed by atoms with Gasteiger partial charge in [0.25, 0.3) is 6.43 Å². The van der Waals surface area contributed by atoms with Crippen molar-refractivity contribution in [3.05, 3.63) is 17.5 Å². The molecule has 0 aliphatic heterocycles. The van der Waals surface area contributed by atoms with Gasteiger partial charge in [-0.05, 0) is 0 Å². The first-order valence-electron chi connectivity index (χ1n) is 4.65. The summed E-state index contributed by atoms with van der Waals surface area (Å²) < 4.78 is 106. The lowest BCUT2D eigenvalue weighted by molar-refractivity contribution is -0.277. The van der Waals surface area contributed by atoms with Crippen LogP contribution in [0.5, 0.6) is 11.5 Å². The van der Waals surface area contributed by atoms with E-state index in [0.717, 1.165) is 7.11 Å². The Morgan fingerprint density at radius 3 is 2.00 bits per heavy atom. The number of ether oxygens (including phenoxy) is 2. The van der Waals surface area contributed by atoms with Crippen molar-refractivity contribution in [2.24, 2.45) is 0 Å². The molecule has 0 unspecified atom stereocenters. The van der Waals surface area contributed by atoms with Crippen molar-refractivity contribution < 1.29 is 44.6 Å². The largest absolute Gasteiger partial charge is 0.573 e. The second kappa shape index (κ2) is 5.29. The highest BCUT2D eigenvalue weighted by Crippen LogP contribution is 2.45. The Kier molecular flexibility index (Phi) is 4.30. The first-order chi connectivity index (χ1) is 8.97. The topological polar surface area (TPSA) is 31.4 Å². The van der Waals surface area contributed by atoms with Crippen molar-refractivity contribution in [1.29, 1.82) is 0 Å². The zero-order valence-corrected chi connectivity index (χ0v) is 9.44. The highest BCUT2D eigenvalue weighted by molar-refractivity contribution is 5.48. The van der Waals surface area contributed by atoms with Crippen LogP contribution < -0.4 is 9.47 Å². The summed E-state index contributed by atoms with van der Waals surface area (Å²) in [6, 6.07) is 0. The summed E-state index contributed by atoms with van der Waals surface area (Å²) in [5.74, 6) is -3.08. The molecule has 11 heteroatoms. The van der Waals surface area contributed by atoms with E-state index in [4.69, 9.17) is 0 Å². The second-order valence-electron chi connectivity index (χ2n) is 3.26. The minimum atomic E-state index is -5.60. The molecule has 0 spiro atoms. The summed E-state index contributed by atoms with van der Waals surface area (Å²) in [5, 5.41) is 0. The van der Waals surface area contributed by atoms with E-state index in [1.54, 1.807) is 0 Å². The fraction of sp³-hybridized carbons (Fsp3) is 0.444. The van der Waals surface area contributed by atoms with Gasteiger partial charge in [0, 0.05) is 0 Å². The fourth-order valence-electron chi connectivity index (χ4n) is 1.28. The average molecular weight is 311 g/mol. The number of nitrogens with zero attached hydrogens (tertiary/aromatic N) is 1. The Bertz CT molecular complexity index is 482. The van der Waals surface area contributed by atoms with Gasteiger partial charge in [-0.3, -0.25) is 0 Å². The van der Waals surface area contributed by atoms with Crippen molar-refractivity contribution in [1.82, 2.24) is 4.98 Å². The van der Waals surface area contributed by atoms with Crippen molar-refractivity contribution in [2.45, 2.75) is 19.0 Å². The third-order valence-electron chi connectivity index (χ3n) is 1.96. The predicted octanol–water partition coefficient (Wildman–Crippen LogP) is 3.95. The van der Waals surface area contributed by atoms with Crippen LogP contribution in [0.25, 0.3) is 0 Å². The Morgan fingerprint density at radius 1 is 1.10 bits per heavy atom. The van der Waals surface area contributed by atoms with Crippen LogP contribution in [0.2, 0.25) is 0 Å². The molecule has 114 valence electrons. The molecule has 0 radical (unpaired) electrons. The molecule has 1 heterocycles. The number of rotatable bonds is 3. The molecule has 1 aromatic rings. The normalized spacial score (nSPS) is 12.7. The number of hydrogen-bond donors (Lipinski definition) is 0. The molecule has 1 aromatic heterocycles. The lowest BCUT2D eigenvalue weighted by Crippen LogP contribution is -2.22. The summed E-state index contributed by atoms with van der Waals surface area (Å²) in [4.78, 5) is 2.64. The first-order valence-corrected chi connectivity index (χ1v) is 4.65. The monoisotopic (exact) mass is 311 g/mol. The number of hydrogen-bond acceptors (Lipinski definition) is 3. The second-order valence-corrected chi connectivity index (χ2v) is 3.26. The minimum Gasteiger partial charge on any atom is -0.494 e. The molecule has 0 aliphatic rings. The molecule has 0 amide bonds. The van der Waals surface area contributed by atoms with E-state index < -0.39 is 41.7 Å². The van der Waals surface area contributed by atoms with Crippen LogP contribution >= 0.6 is 0 Å². The van der Waals surface area contributed by atoms with Gasteiger partial charge in [-0.2, -0.15) is 13.2 Å². The fourth-order valence-corrected chi connectivity index (χ4v) is 1.28. The Hall–Kier alpha value is -1.81. The summed E-state index contributed by atoms with van der Waals surface area (Å²) in [5.41, 5.74) is -3.89. The maximum absolute atomic E-state index is 12.7. The van der Waals surface area contributed by atoms with Gasteiger partial charge in [-0.1, -0.05) is 0 Å². The molecule has 0 saturated heterocycles. The van der Waals surface area contributed by atoms with Crippen molar-refractivity contribution >= 4 is 0 Å². The number of aromatic nitrogens is 1. The summed E-state index contributed by atoms with van der Waals surface area (Å²) in [6.45, 7) is 0. The van der Waals surface area contributed by atoms with E-state index in [9.17, 15) is 35.1 Å². The summed E-state index contributed by atoms with van der Waals surface area (Å²) >= 11 is 0. The highest BCUT2D eigenvalue weighted by Gasteiger charge is 2.44. The predicted molar refractivity (Wildman–Crippen MR) is 47.4 cm³/mol. The Morgan fingerprint density at radius 2 is 1.65 bits per heavy atom. The van der Waals surface area contributed by atoms with Crippen LogP contribution in [0.4, 0.5) is 35.1 Å². The van der Waals surface area contributed by atoms with E-state index >= 15 is 0 Å². The molecule has 0 N–H and O–H groups in total. The SMILES string of the molecule is COc1cnc(C(F)(F)F)c(OC(F)(F)F)c1C(F)F. The highest BCUT2D eigenvalue weighted by atomic mass is 19.4. The molecule has 0 fully saturated rings. The van der Waals surface area contributed by atoms with Gasteiger partial charge in [-0.25, -0.2) is 13.8 Å². The molecule has 0 aliphatic carbocycles. The number of alkyl halides is 8. The van der Waals surface area contributed by atoms with Crippen LogP contribution in [0.1, 0.15) is 17.7 Å². The number of halogens is 8. The standard InChI is InChI=1S/C9H5F8NO2/c1-19-3-2-18-6(8(12,13)14)5(4(3)7(10)11)20-9(15,16)17/h2,7H,1H3. The smallest absolute Gasteiger partial charge is 0.494 e. The minimum absolute atomic E-state index is 0.244. The Labute approximate surface area is 106 Å². The summed E-state index contributed by atoms with van der Waals surface area (Å²) in [7, 11) is 0.785. The quantitative estimate of drug-likeness (QED) is 0.792. The Balaban J connectivity index is 3.59. The van der Waals surface area contributed by atoms with Gasteiger partial charge < -0.3 is 9.47 Å². The van der Waals surface area contributed by atoms with E-state index in [0.29, 0.717) is 0 Å². The maximum atomic E-state index is 12.7. The third kappa shape index (κ3) is 3.61. The van der Waals surface area contributed by atoms with E-state index in [1.165, 1.54) is 0 Å². The van der Waals surface area contributed by atoms with Crippen molar-refractivity contribution in [2.75, 3.05) is 7.11 Å². The maximum Gasteiger partial charge on any atom is 0.573 e. The zero-order valence-electron chi connectivity index (χ0n) is 9.44. The molecule has 1 rings (SSSR count). The van der Waals surface area contributed by atoms with Crippen LogP contribution in [0.3, 0.4) is 0 Å². The molecule has 3 nitrogen and oxygen atoms in total. The van der Waals surface area contributed by atoms with Gasteiger partial charge >= 0.3 is 12.5 Å². The lowest BCUT2D eigenvalue weighted by Gasteiger charge is -2.19. The lowest BCUT2D eigenvalue weighted by atomic mass is 10.1. The van der Waals surface area contributed by atoms with Gasteiger partial charge in [0.05, 0.1) is 13.3 Å². The number of methoxy groups -OCH3 is 1. The summed E-state index contributed by atoms with van der Waals surface area (Å²) in [6.07, 6.45) is -14.5. The van der Waals surface area contributed by atoms with Gasteiger partial charge in [0.15, 0.2) is 11.4 Å².